The Balaban J connectivity index is 1.47. The molecule has 1 aromatic carbocycles. The van der Waals surface area contributed by atoms with E-state index in [2.05, 4.69) is 41.6 Å². The molecule has 0 spiro atoms. The number of nitrogens with zero attached hydrogens (tertiary/aromatic N) is 4. The van der Waals surface area contributed by atoms with Gasteiger partial charge in [-0.05, 0) is 58.8 Å². The topological polar surface area (TPSA) is 84.7 Å². The highest BCUT2D eigenvalue weighted by molar-refractivity contribution is 9.10. The van der Waals surface area contributed by atoms with Crippen molar-refractivity contribution in [3.05, 3.63) is 68.7 Å². The lowest BCUT2D eigenvalue weighted by Crippen LogP contribution is -2.37. The highest BCUT2D eigenvalue weighted by Crippen LogP contribution is 2.52. The Morgan fingerprint density at radius 2 is 1.71 bits per heavy atom. The Bertz CT molecular complexity index is 1480. The Morgan fingerprint density at radius 1 is 1.05 bits per heavy atom. The monoisotopic (exact) mass is 666 g/mol. The first kappa shape index (κ1) is 30.2. The van der Waals surface area contributed by atoms with Crippen molar-refractivity contribution in [3.63, 3.8) is 0 Å². The van der Waals surface area contributed by atoms with Gasteiger partial charge in [-0.2, -0.15) is 13.9 Å². The van der Waals surface area contributed by atoms with Crippen molar-refractivity contribution < 1.29 is 39.9 Å². The van der Waals surface area contributed by atoms with Crippen molar-refractivity contribution in [1.29, 1.82) is 0 Å². The second kappa shape index (κ2) is 11.4. The van der Waals surface area contributed by atoms with Gasteiger partial charge in [-0.25, -0.2) is 36.3 Å². The van der Waals surface area contributed by atoms with Crippen LogP contribution in [0.4, 0.5) is 41.1 Å². The molecule has 2 heterocycles. The number of carbonyl (C=O) groups excluding carboxylic acids is 1. The molecule has 5 rings (SSSR count). The molecule has 7 nitrogen and oxygen atoms in total. The number of fused-ring (bicyclic) bond motifs is 1. The smallest absolute Gasteiger partial charge is 0.290 e. The maximum Gasteiger partial charge on any atom is 0.290 e. The lowest BCUT2D eigenvalue weighted by Gasteiger charge is -2.29. The number of hydrogen-bond acceptors (Lipinski definition) is 5. The van der Waals surface area contributed by atoms with Crippen LogP contribution < -0.4 is 10.6 Å². The zero-order chi connectivity index (χ0) is 30.4. The summed E-state index contributed by atoms with van der Waals surface area (Å²) in [4.78, 5) is 21.7. The Kier molecular flexibility index (Phi) is 8.20. The molecule has 1 atom stereocenters. The van der Waals surface area contributed by atoms with E-state index in [0.717, 1.165) is 25.0 Å². The summed E-state index contributed by atoms with van der Waals surface area (Å²) in [6, 6.07) is 1.53. The van der Waals surface area contributed by atoms with Crippen LogP contribution in [0.1, 0.15) is 66.4 Å². The van der Waals surface area contributed by atoms with E-state index in [4.69, 9.17) is 0 Å². The predicted molar refractivity (Wildman–Crippen MR) is 136 cm³/mol. The van der Waals surface area contributed by atoms with E-state index in [1.165, 1.54) is 6.20 Å². The predicted octanol–water partition coefficient (Wildman–Crippen LogP) is 6.55. The van der Waals surface area contributed by atoms with Crippen LogP contribution in [0.15, 0.2) is 28.9 Å². The van der Waals surface area contributed by atoms with E-state index in [1.54, 1.807) is 0 Å². The van der Waals surface area contributed by atoms with Gasteiger partial charge < -0.3 is 10.6 Å². The molecule has 2 aliphatic carbocycles. The highest BCUT2D eigenvalue weighted by atomic mass is 79.9. The van der Waals surface area contributed by atoms with Crippen LogP contribution in [-0.2, 0) is 29.6 Å². The number of carbonyl (C=O) groups is 1. The summed E-state index contributed by atoms with van der Waals surface area (Å²) in [6.45, 7) is -0.535. The quantitative estimate of drug-likeness (QED) is 0.240. The molecule has 0 radical (unpaired) electrons. The summed E-state index contributed by atoms with van der Waals surface area (Å²) in [5.41, 5.74) is -4.33. The third kappa shape index (κ3) is 6.52. The van der Waals surface area contributed by atoms with Gasteiger partial charge in [0.2, 0.25) is 11.9 Å². The Hall–Kier alpha value is -3.30. The number of amides is 1. The summed E-state index contributed by atoms with van der Waals surface area (Å²) in [7, 11) is 0. The molecular formula is C26H23BrF8N6O. The van der Waals surface area contributed by atoms with E-state index in [1.807, 2.05) is 0 Å². The standard InChI is InChI=1S/C26H23BrF8N6O/c27-16-10-37-24(36-9-12-1-2-12)39-20(16)17(7-13-5-14(28)8-15(29)6-13)38-18(42)11-41-22-19(21(40-41)23(30)31)25(32,33)3-4-26(22,34)35/h5-6,8,10,12,17,23H,1-4,7,9,11H2,(H,38,42)(H,36,37,39). The molecule has 1 fully saturated rings. The van der Waals surface area contributed by atoms with Crippen LogP contribution in [0, 0.1) is 17.6 Å². The minimum Gasteiger partial charge on any atom is -0.354 e. The molecule has 0 bridgehead atoms. The van der Waals surface area contributed by atoms with Gasteiger partial charge in [0.1, 0.15) is 29.6 Å². The van der Waals surface area contributed by atoms with Gasteiger partial charge in [0.05, 0.1) is 21.8 Å². The largest absolute Gasteiger partial charge is 0.354 e. The van der Waals surface area contributed by atoms with E-state index < -0.39 is 78.2 Å². The first-order valence-corrected chi connectivity index (χ1v) is 13.7. The van der Waals surface area contributed by atoms with Gasteiger partial charge in [0.15, 0.2) is 0 Å². The van der Waals surface area contributed by atoms with Crippen molar-refractivity contribution in [2.75, 3.05) is 11.9 Å². The molecule has 3 aromatic rings. The summed E-state index contributed by atoms with van der Waals surface area (Å²) < 4.78 is 114. The molecule has 0 aliphatic heterocycles. The molecule has 1 amide bonds. The van der Waals surface area contributed by atoms with Crippen LogP contribution in [0.3, 0.4) is 0 Å². The van der Waals surface area contributed by atoms with Gasteiger partial charge in [0.25, 0.3) is 18.3 Å². The average Bonchev–Trinajstić information content (AvgIpc) is 3.63. The van der Waals surface area contributed by atoms with E-state index >= 15 is 0 Å². The summed E-state index contributed by atoms with van der Waals surface area (Å²) in [6.07, 6.45) is -3.09. The minimum absolute atomic E-state index is 0.0958. The lowest BCUT2D eigenvalue weighted by molar-refractivity contribution is -0.123. The van der Waals surface area contributed by atoms with E-state index in [9.17, 15) is 39.9 Å². The molecular weight excluding hydrogens is 644 g/mol. The minimum atomic E-state index is -4.00. The Labute approximate surface area is 242 Å². The van der Waals surface area contributed by atoms with Crippen molar-refractivity contribution in [3.8, 4) is 0 Å². The normalized spacial score (nSPS) is 18.0. The molecule has 1 unspecified atom stereocenters. The number of aromatic nitrogens is 4. The number of hydrogen-bond donors (Lipinski definition) is 2. The SMILES string of the molecule is O=C(Cn1nc(C(F)F)c2c1C(F)(F)CCC2(F)F)NC(Cc1cc(F)cc(F)c1)c1nc(NCC2CC2)ncc1Br. The van der Waals surface area contributed by atoms with Gasteiger partial charge in [0, 0.05) is 31.6 Å². The highest BCUT2D eigenvalue weighted by Gasteiger charge is 2.55. The van der Waals surface area contributed by atoms with E-state index in [-0.39, 0.29) is 32.8 Å². The van der Waals surface area contributed by atoms with Gasteiger partial charge in [-0.1, -0.05) is 0 Å². The molecule has 16 heteroatoms. The van der Waals surface area contributed by atoms with Crippen molar-refractivity contribution in [2.45, 2.75) is 63.0 Å². The van der Waals surface area contributed by atoms with Crippen LogP contribution in [0.5, 0.6) is 0 Å². The van der Waals surface area contributed by atoms with Crippen LogP contribution in [0.2, 0.25) is 0 Å². The molecule has 226 valence electrons. The van der Waals surface area contributed by atoms with Crippen LogP contribution in [0.25, 0.3) is 0 Å². The summed E-state index contributed by atoms with van der Waals surface area (Å²) >= 11 is 3.28. The van der Waals surface area contributed by atoms with Gasteiger partial charge >= 0.3 is 0 Å². The fourth-order valence-corrected chi connectivity index (χ4v) is 5.33. The van der Waals surface area contributed by atoms with Crippen molar-refractivity contribution >= 4 is 27.8 Å². The number of halogens is 9. The van der Waals surface area contributed by atoms with Crippen LogP contribution >= 0.6 is 15.9 Å². The van der Waals surface area contributed by atoms with Crippen LogP contribution in [-0.4, -0.2) is 32.2 Å². The summed E-state index contributed by atoms with van der Waals surface area (Å²) in [5.74, 6) is -10.2. The lowest BCUT2D eigenvalue weighted by atomic mass is 9.89. The zero-order valence-corrected chi connectivity index (χ0v) is 23.2. The molecule has 42 heavy (non-hydrogen) atoms. The average molecular weight is 667 g/mol. The number of alkyl halides is 6. The molecule has 2 aliphatic rings. The first-order valence-electron chi connectivity index (χ1n) is 12.9. The molecule has 2 N–H and O–H groups in total. The third-order valence-corrected chi connectivity index (χ3v) is 7.60. The zero-order valence-electron chi connectivity index (χ0n) is 21.6. The second-order valence-electron chi connectivity index (χ2n) is 10.3. The molecule has 1 saturated carbocycles. The number of benzene rings is 1. The van der Waals surface area contributed by atoms with Crippen molar-refractivity contribution in [1.82, 2.24) is 25.1 Å². The summed E-state index contributed by atoms with van der Waals surface area (Å²) in [5, 5.41) is 8.84. The molecule has 0 saturated heterocycles. The fourth-order valence-electron chi connectivity index (χ4n) is 4.86. The maximum atomic E-state index is 14.8. The van der Waals surface area contributed by atoms with Gasteiger partial charge in [-0.3, -0.25) is 9.48 Å². The van der Waals surface area contributed by atoms with E-state index in [0.29, 0.717) is 18.5 Å². The second-order valence-corrected chi connectivity index (χ2v) is 11.2. The maximum absolute atomic E-state index is 14.8. The molecule has 2 aromatic heterocycles. The Morgan fingerprint density at radius 3 is 2.36 bits per heavy atom. The third-order valence-electron chi connectivity index (χ3n) is 6.99. The fraction of sp³-hybridized carbons (Fsp3) is 0.462. The number of nitrogens with one attached hydrogen (secondary N) is 2. The van der Waals surface area contributed by atoms with Crippen molar-refractivity contribution in [2.24, 2.45) is 5.92 Å². The number of anilines is 1. The first-order chi connectivity index (χ1) is 19.7. The van der Waals surface area contributed by atoms with Gasteiger partial charge in [-0.15, -0.1) is 0 Å². The number of rotatable bonds is 10.